The van der Waals surface area contributed by atoms with E-state index in [1.54, 1.807) is 16.8 Å². The maximum absolute atomic E-state index is 12.9. The lowest BCUT2D eigenvalue weighted by atomic mass is 10.1. The quantitative estimate of drug-likeness (QED) is 0.653. The van der Waals surface area contributed by atoms with E-state index >= 15 is 0 Å². The van der Waals surface area contributed by atoms with E-state index in [-0.39, 0.29) is 5.56 Å². The third-order valence-corrected chi connectivity index (χ3v) is 3.97. The summed E-state index contributed by atoms with van der Waals surface area (Å²) in [6, 6.07) is 13.1. The number of aryl methyl sites for hydroxylation is 1. The molecule has 3 nitrogen and oxygen atoms in total. The Balaban J connectivity index is 2.23. The van der Waals surface area contributed by atoms with Crippen LogP contribution in [0.2, 0.25) is 5.02 Å². The minimum Gasteiger partial charge on any atom is -0.292 e. The molecule has 2 heterocycles. The van der Waals surface area contributed by atoms with E-state index in [2.05, 4.69) is 4.98 Å². The molecule has 0 aliphatic rings. The highest BCUT2D eigenvalue weighted by Crippen LogP contribution is 2.23. The van der Waals surface area contributed by atoms with Crippen LogP contribution in [0, 0.1) is 0 Å². The normalized spacial score (nSPS) is 11.4. The molecule has 1 aromatic carbocycles. The molecule has 116 valence electrons. The van der Waals surface area contributed by atoms with Crippen LogP contribution in [-0.4, -0.2) is 9.55 Å². The Morgan fingerprint density at radius 1 is 1.22 bits per heavy atom. The SMILES string of the molecule is CC=CCCn1c(=O)c(-c2cccc(Cl)c2)cc2cccnc21. The highest BCUT2D eigenvalue weighted by atomic mass is 35.5. The van der Waals surface area contributed by atoms with Crippen molar-refractivity contribution in [2.24, 2.45) is 0 Å². The number of fused-ring (bicyclic) bond motifs is 1. The van der Waals surface area contributed by atoms with Crippen LogP contribution in [0.25, 0.3) is 22.2 Å². The van der Waals surface area contributed by atoms with Gasteiger partial charge in [0.25, 0.3) is 5.56 Å². The van der Waals surface area contributed by atoms with Gasteiger partial charge in [-0.05, 0) is 49.2 Å². The van der Waals surface area contributed by atoms with E-state index in [0.29, 0.717) is 22.8 Å². The number of hydrogen-bond acceptors (Lipinski definition) is 2. The zero-order valence-corrected chi connectivity index (χ0v) is 13.6. The average molecular weight is 325 g/mol. The lowest BCUT2D eigenvalue weighted by Crippen LogP contribution is -2.22. The van der Waals surface area contributed by atoms with Crippen LogP contribution < -0.4 is 5.56 Å². The molecule has 0 N–H and O–H groups in total. The van der Waals surface area contributed by atoms with E-state index in [1.807, 2.05) is 55.5 Å². The molecule has 0 saturated heterocycles. The molecular formula is C19H17ClN2O. The number of halogens is 1. The van der Waals surface area contributed by atoms with Crippen LogP contribution in [0.5, 0.6) is 0 Å². The van der Waals surface area contributed by atoms with Crippen molar-refractivity contribution in [1.82, 2.24) is 9.55 Å². The predicted molar refractivity (Wildman–Crippen MR) is 95.9 cm³/mol. The van der Waals surface area contributed by atoms with Crippen molar-refractivity contribution in [3.63, 3.8) is 0 Å². The molecular weight excluding hydrogens is 308 g/mol. The van der Waals surface area contributed by atoms with Gasteiger partial charge in [0, 0.05) is 28.7 Å². The highest BCUT2D eigenvalue weighted by Gasteiger charge is 2.11. The number of benzene rings is 1. The van der Waals surface area contributed by atoms with Gasteiger partial charge in [0.05, 0.1) is 0 Å². The van der Waals surface area contributed by atoms with Crippen molar-refractivity contribution in [1.29, 1.82) is 0 Å². The summed E-state index contributed by atoms with van der Waals surface area (Å²) < 4.78 is 1.74. The van der Waals surface area contributed by atoms with Gasteiger partial charge in [0.15, 0.2) is 0 Å². The molecule has 4 heteroatoms. The first-order valence-corrected chi connectivity index (χ1v) is 7.94. The molecule has 0 bridgehead atoms. The Labute approximate surface area is 139 Å². The third kappa shape index (κ3) is 3.20. The average Bonchev–Trinajstić information content (AvgIpc) is 2.56. The van der Waals surface area contributed by atoms with E-state index < -0.39 is 0 Å². The van der Waals surface area contributed by atoms with Gasteiger partial charge in [-0.2, -0.15) is 0 Å². The van der Waals surface area contributed by atoms with Crippen molar-refractivity contribution in [3.8, 4) is 11.1 Å². The van der Waals surface area contributed by atoms with E-state index in [4.69, 9.17) is 11.6 Å². The molecule has 0 aliphatic carbocycles. The minimum absolute atomic E-state index is 0.0389. The summed E-state index contributed by atoms with van der Waals surface area (Å²) in [5, 5.41) is 1.57. The second-order valence-corrected chi connectivity index (χ2v) is 5.74. The molecule has 0 unspecified atom stereocenters. The van der Waals surface area contributed by atoms with Gasteiger partial charge in [-0.3, -0.25) is 9.36 Å². The Morgan fingerprint density at radius 2 is 2.09 bits per heavy atom. The molecule has 3 rings (SSSR count). The summed E-state index contributed by atoms with van der Waals surface area (Å²) >= 11 is 6.08. The number of rotatable bonds is 4. The van der Waals surface area contributed by atoms with Crippen LogP contribution >= 0.6 is 11.6 Å². The fourth-order valence-electron chi connectivity index (χ4n) is 2.65. The minimum atomic E-state index is -0.0389. The summed E-state index contributed by atoms with van der Waals surface area (Å²) in [5.41, 5.74) is 2.15. The number of nitrogens with zero attached hydrogens (tertiary/aromatic N) is 2. The fraction of sp³-hybridized carbons (Fsp3) is 0.158. The summed E-state index contributed by atoms with van der Waals surface area (Å²) in [6.45, 7) is 2.58. The molecule has 0 saturated carbocycles. The molecule has 2 aromatic heterocycles. The summed E-state index contributed by atoms with van der Waals surface area (Å²) in [6.07, 6.45) is 6.54. The first-order chi connectivity index (χ1) is 11.2. The van der Waals surface area contributed by atoms with Gasteiger partial charge in [-0.15, -0.1) is 0 Å². The molecule has 0 aliphatic heterocycles. The lowest BCUT2D eigenvalue weighted by Gasteiger charge is -2.11. The van der Waals surface area contributed by atoms with Gasteiger partial charge in [-0.25, -0.2) is 4.98 Å². The van der Waals surface area contributed by atoms with E-state index in [0.717, 1.165) is 17.4 Å². The zero-order chi connectivity index (χ0) is 16.2. The first-order valence-electron chi connectivity index (χ1n) is 7.56. The van der Waals surface area contributed by atoms with Gasteiger partial charge < -0.3 is 0 Å². The largest absolute Gasteiger partial charge is 0.292 e. The number of allylic oxidation sites excluding steroid dienone is 2. The smallest absolute Gasteiger partial charge is 0.260 e. The van der Waals surface area contributed by atoms with Crippen LogP contribution in [0.3, 0.4) is 0 Å². The van der Waals surface area contributed by atoms with E-state index in [9.17, 15) is 4.79 Å². The van der Waals surface area contributed by atoms with Crippen LogP contribution in [0.4, 0.5) is 0 Å². The number of pyridine rings is 2. The first kappa shape index (κ1) is 15.5. The summed E-state index contributed by atoms with van der Waals surface area (Å²) in [4.78, 5) is 17.3. The number of hydrogen-bond donors (Lipinski definition) is 0. The van der Waals surface area contributed by atoms with Gasteiger partial charge in [0.2, 0.25) is 0 Å². The third-order valence-electron chi connectivity index (χ3n) is 3.74. The van der Waals surface area contributed by atoms with Crippen molar-refractivity contribution in [2.75, 3.05) is 0 Å². The van der Waals surface area contributed by atoms with Gasteiger partial charge in [-0.1, -0.05) is 35.9 Å². The zero-order valence-electron chi connectivity index (χ0n) is 12.9. The molecule has 0 fully saturated rings. The summed E-state index contributed by atoms with van der Waals surface area (Å²) in [7, 11) is 0. The fourth-order valence-corrected chi connectivity index (χ4v) is 2.84. The van der Waals surface area contributed by atoms with Crippen molar-refractivity contribution in [2.45, 2.75) is 19.9 Å². The monoisotopic (exact) mass is 324 g/mol. The Morgan fingerprint density at radius 3 is 2.87 bits per heavy atom. The Kier molecular flexibility index (Phi) is 4.58. The molecule has 0 radical (unpaired) electrons. The number of aromatic nitrogens is 2. The van der Waals surface area contributed by atoms with Gasteiger partial charge >= 0.3 is 0 Å². The van der Waals surface area contributed by atoms with Crippen LogP contribution in [0.1, 0.15) is 13.3 Å². The standard InChI is InChI=1S/C19H17ClN2O/c1-2-3-4-11-22-18-15(8-6-10-21-18)13-17(19(22)23)14-7-5-9-16(20)12-14/h2-3,5-10,12-13H,4,11H2,1H3. The van der Waals surface area contributed by atoms with E-state index in [1.165, 1.54) is 0 Å². The second kappa shape index (κ2) is 6.80. The second-order valence-electron chi connectivity index (χ2n) is 5.30. The summed E-state index contributed by atoms with van der Waals surface area (Å²) in [5.74, 6) is 0. The maximum atomic E-state index is 12.9. The molecule has 0 atom stereocenters. The maximum Gasteiger partial charge on any atom is 0.260 e. The molecule has 3 aromatic rings. The highest BCUT2D eigenvalue weighted by molar-refractivity contribution is 6.30. The van der Waals surface area contributed by atoms with Crippen molar-refractivity contribution >= 4 is 22.6 Å². The topological polar surface area (TPSA) is 34.9 Å². The van der Waals surface area contributed by atoms with Crippen LogP contribution in [-0.2, 0) is 6.54 Å². The van der Waals surface area contributed by atoms with Crippen molar-refractivity contribution in [3.05, 3.63) is 76.2 Å². The molecule has 0 amide bonds. The predicted octanol–water partition coefficient (Wildman–Crippen LogP) is 4.68. The Hall–Kier alpha value is -2.39. The van der Waals surface area contributed by atoms with Crippen molar-refractivity contribution < 1.29 is 0 Å². The molecule has 0 spiro atoms. The lowest BCUT2D eigenvalue weighted by molar-refractivity contribution is 0.702. The Bertz CT molecular complexity index is 928. The van der Waals surface area contributed by atoms with Gasteiger partial charge in [0.1, 0.15) is 5.65 Å². The van der Waals surface area contributed by atoms with Crippen LogP contribution in [0.15, 0.2) is 65.6 Å². The molecule has 23 heavy (non-hydrogen) atoms.